The summed E-state index contributed by atoms with van der Waals surface area (Å²) >= 11 is 0. The number of esters is 1. The Morgan fingerprint density at radius 1 is 1.45 bits per heavy atom. The third-order valence-corrected chi connectivity index (χ3v) is 3.05. The molecule has 0 aliphatic heterocycles. The zero-order chi connectivity index (χ0) is 14.8. The Kier molecular flexibility index (Phi) is 7.40. The lowest BCUT2D eigenvalue weighted by Crippen LogP contribution is -2.30. The van der Waals surface area contributed by atoms with Gasteiger partial charge in [-0.2, -0.15) is 0 Å². The third kappa shape index (κ3) is 5.87. The molecule has 0 bridgehead atoms. The van der Waals surface area contributed by atoms with Crippen molar-refractivity contribution in [2.75, 3.05) is 12.4 Å². The fourth-order valence-electron chi connectivity index (χ4n) is 1.98. The van der Waals surface area contributed by atoms with Crippen molar-refractivity contribution >= 4 is 11.7 Å². The number of hydrogen-bond donors (Lipinski definition) is 1. The van der Waals surface area contributed by atoms with Crippen LogP contribution in [-0.2, 0) is 9.53 Å². The second-order valence-corrected chi connectivity index (χ2v) is 4.66. The Hall–Kier alpha value is -1.84. The van der Waals surface area contributed by atoms with E-state index < -0.39 is 6.04 Å². The highest BCUT2D eigenvalue weighted by Gasteiger charge is 2.18. The third-order valence-electron chi connectivity index (χ3n) is 3.05. The molecule has 1 aromatic rings. The van der Waals surface area contributed by atoms with Gasteiger partial charge in [0, 0.05) is 5.69 Å². The van der Waals surface area contributed by atoms with Crippen LogP contribution in [0.15, 0.2) is 36.9 Å². The van der Waals surface area contributed by atoms with Crippen LogP contribution in [0.2, 0.25) is 0 Å². The fraction of sp³-hybridized carbons (Fsp3) is 0.438. The van der Waals surface area contributed by atoms with E-state index in [4.69, 9.17) is 4.74 Å². The van der Waals surface area contributed by atoms with Gasteiger partial charge in [0.25, 0.3) is 0 Å². The zero-order valence-electron chi connectivity index (χ0n) is 11.9. The molecular weight excluding hydrogens is 257 g/mol. The lowest BCUT2D eigenvalue weighted by molar-refractivity contribution is -0.141. The Balaban J connectivity index is 2.51. The van der Waals surface area contributed by atoms with Gasteiger partial charge in [0.1, 0.15) is 11.9 Å². The molecule has 0 saturated heterocycles. The minimum atomic E-state index is -0.439. The number of rotatable bonds is 9. The van der Waals surface area contributed by atoms with Crippen molar-refractivity contribution in [1.29, 1.82) is 0 Å². The molecule has 0 saturated carbocycles. The van der Waals surface area contributed by atoms with Gasteiger partial charge < -0.3 is 10.1 Å². The van der Waals surface area contributed by atoms with Crippen molar-refractivity contribution in [3.8, 4) is 0 Å². The number of allylic oxidation sites excluding steroid dienone is 1. The van der Waals surface area contributed by atoms with E-state index in [1.165, 1.54) is 19.2 Å². The number of unbranched alkanes of at least 4 members (excludes halogenated alkanes) is 3. The van der Waals surface area contributed by atoms with Crippen LogP contribution < -0.4 is 5.32 Å². The van der Waals surface area contributed by atoms with Crippen LogP contribution >= 0.6 is 0 Å². The first kappa shape index (κ1) is 16.2. The summed E-state index contributed by atoms with van der Waals surface area (Å²) in [5, 5.41) is 3.03. The Morgan fingerprint density at radius 3 is 2.90 bits per heavy atom. The molecule has 0 spiro atoms. The molecule has 1 aromatic carbocycles. The highest BCUT2D eigenvalue weighted by Crippen LogP contribution is 2.15. The van der Waals surface area contributed by atoms with Gasteiger partial charge in [-0.3, -0.25) is 0 Å². The maximum atomic E-state index is 13.1. The van der Waals surface area contributed by atoms with Crippen LogP contribution in [-0.4, -0.2) is 19.1 Å². The summed E-state index contributed by atoms with van der Waals surface area (Å²) in [5.41, 5.74) is 0.589. The number of anilines is 1. The molecule has 3 nitrogen and oxygen atoms in total. The molecular formula is C16H22FNO2. The molecule has 0 unspecified atom stereocenters. The number of carbonyl (C=O) groups excluding carboxylic acids is 1. The van der Waals surface area contributed by atoms with Crippen LogP contribution in [0, 0.1) is 5.82 Å². The van der Waals surface area contributed by atoms with Gasteiger partial charge in [0.15, 0.2) is 0 Å². The number of carbonyl (C=O) groups is 1. The molecule has 0 aliphatic carbocycles. The number of methoxy groups -OCH3 is 1. The maximum Gasteiger partial charge on any atom is 0.328 e. The minimum absolute atomic E-state index is 0.321. The van der Waals surface area contributed by atoms with Crippen LogP contribution in [0.25, 0.3) is 0 Å². The molecule has 20 heavy (non-hydrogen) atoms. The monoisotopic (exact) mass is 279 g/mol. The molecule has 0 aliphatic rings. The van der Waals surface area contributed by atoms with Gasteiger partial charge in [0.2, 0.25) is 0 Å². The molecule has 110 valence electrons. The van der Waals surface area contributed by atoms with Gasteiger partial charge in [-0.15, -0.1) is 6.58 Å². The van der Waals surface area contributed by atoms with Crippen molar-refractivity contribution < 1.29 is 13.9 Å². The average Bonchev–Trinajstić information content (AvgIpc) is 2.45. The summed E-state index contributed by atoms with van der Waals surface area (Å²) < 4.78 is 17.9. The van der Waals surface area contributed by atoms with Crippen LogP contribution in [0.1, 0.15) is 32.1 Å². The predicted molar refractivity (Wildman–Crippen MR) is 79.1 cm³/mol. The summed E-state index contributed by atoms with van der Waals surface area (Å²) in [5.74, 6) is -0.650. The first-order chi connectivity index (χ1) is 9.67. The van der Waals surface area contributed by atoms with E-state index in [0.29, 0.717) is 12.1 Å². The zero-order valence-corrected chi connectivity index (χ0v) is 11.9. The maximum absolute atomic E-state index is 13.1. The van der Waals surface area contributed by atoms with E-state index in [9.17, 15) is 9.18 Å². The van der Waals surface area contributed by atoms with E-state index in [2.05, 4.69) is 11.9 Å². The van der Waals surface area contributed by atoms with Crippen molar-refractivity contribution in [1.82, 2.24) is 0 Å². The molecule has 4 heteroatoms. The normalized spacial score (nSPS) is 11.7. The quantitative estimate of drug-likeness (QED) is 0.423. The summed E-state index contributed by atoms with van der Waals surface area (Å²) in [6.07, 6.45) is 6.56. The summed E-state index contributed by atoms with van der Waals surface area (Å²) in [6.45, 7) is 3.68. The average molecular weight is 279 g/mol. The SMILES string of the molecule is C=CCCCCC[C@H](Nc1cccc(F)c1)C(=O)OC. The summed E-state index contributed by atoms with van der Waals surface area (Å²) in [6, 6.07) is 5.64. The standard InChI is InChI=1S/C16H22FNO2/c1-3-4-5-6-7-11-15(16(19)20-2)18-14-10-8-9-13(17)12-14/h3,8-10,12,15,18H,1,4-7,11H2,2H3/t15-/m0/s1. The molecule has 0 fully saturated rings. The van der Waals surface area contributed by atoms with Gasteiger partial charge in [-0.1, -0.05) is 25.0 Å². The number of halogens is 1. The highest BCUT2D eigenvalue weighted by molar-refractivity contribution is 5.79. The van der Waals surface area contributed by atoms with Gasteiger partial charge in [-0.05, 0) is 37.5 Å². The highest BCUT2D eigenvalue weighted by atomic mass is 19.1. The van der Waals surface area contributed by atoms with E-state index in [1.54, 1.807) is 12.1 Å². The van der Waals surface area contributed by atoms with Gasteiger partial charge >= 0.3 is 5.97 Å². The van der Waals surface area contributed by atoms with E-state index in [-0.39, 0.29) is 11.8 Å². The summed E-state index contributed by atoms with van der Waals surface area (Å²) in [7, 11) is 1.36. The first-order valence-corrected chi connectivity index (χ1v) is 6.88. The molecule has 1 atom stereocenters. The van der Waals surface area contributed by atoms with Crippen molar-refractivity contribution in [2.24, 2.45) is 0 Å². The molecule has 0 heterocycles. The van der Waals surface area contributed by atoms with Crippen LogP contribution in [0.4, 0.5) is 10.1 Å². The second kappa shape index (κ2) is 9.13. The Labute approximate surface area is 119 Å². The molecule has 1 N–H and O–H groups in total. The fourth-order valence-corrected chi connectivity index (χ4v) is 1.98. The first-order valence-electron chi connectivity index (χ1n) is 6.88. The van der Waals surface area contributed by atoms with E-state index >= 15 is 0 Å². The van der Waals surface area contributed by atoms with Crippen molar-refractivity contribution in [3.63, 3.8) is 0 Å². The van der Waals surface area contributed by atoms with Crippen molar-refractivity contribution in [2.45, 2.75) is 38.1 Å². The number of nitrogens with one attached hydrogen (secondary N) is 1. The Morgan fingerprint density at radius 2 is 2.25 bits per heavy atom. The largest absolute Gasteiger partial charge is 0.467 e. The second-order valence-electron chi connectivity index (χ2n) is 4.66. The minimum Gasteiger partial charge on any atom is -0.467 e. The lowest BCUT2D eigenvalue weighted by atomic mass is 10.1. The van der Waals surface area contributed by atoms with E-state index in [1.807, 2.05) is 6.08 Å². The molecule has 1 rings (SSSR count). The smallest absolute Gasteiger partial charge is 0.328 e. The van der Waals surface area contributed by atoms with E-state index in [0.717, 1.165) is 25.7 Å². The van der Waals surface area contributed by atoms with Crippen molar-refractivity contribution in [3.05, 3.63) is 42.7 Å². The van der Waals surface area contributed by atoms with Gasteiger partial charge in [0.05, 0.1) is 7.11 Å². The van der Waals surface area contributed by atoms with Gasteiger partial charge in [-0.25, -0.2) is 9.18 Å². The molecule has 0 amide bonds. The topological polar surface area (TPSA) is 38.3 Å². The van der Waals surface area contributed by atoms with Crippen LogP contribution in [0.5, 0.6) is 0 Å². The lowest BCUT2D eigenvalue weighted by Gasteiger charge is -2.17. The van der Waals surface area contributed by atoms with Crippen LogP contribution in [0.3, 0.4) is 0 Å². The number of hydrogen-bond acceptors (Lipinski definition) is 3. The predicted octanol–water partition coefficient (Wildman–Crippen LogP) is 3.92. The Bertz CT molecular complexity index is 434. The summed E-state index contributed by atoms with van der Waals surface area (Å²) in [4.78, 5) is 11.7. The number of ether oxygens (including phenoxy) is 1. The molecule has 0 radical (unpaired) electrons. The number of benzene rings is 1. The molecule has 0 aromatic heterocycles.